The van der Waals surface area contributed by atoms with Crippen LogP contribution in [0, 0.1) is 13.8 Å². The number of benzene rings is 1. The van der Waals surface area contributed by atoms with Crippen LogP contribution in [0.15, 0.2) is 12.1 Å². The number of Topliss-reactive ketones (excluding diaryl/α,β-unsaturated/α-hetero) is 1. The molecule has 0 radical (unpaired) electrons. The van der Waals surface area contributed by atoms with Crippen molar-refractivity contribution in [2.24, 2.45) is 0 Å². The van der Waals surface area contributed by atoms with E-state index >= 15 is 0 Å². The number of hydrogen-bond acceptors (Lipinski definition) is 3. The van der Waals surface area contributed by atoms with Crippen LogP contribution in [-0.2, 0) is 0 Å². The lowest BCUT2D eigenvalue weighted by Gasteiger charge is -2.20. The molecule has 1 N–H and O–H groups in total. The van der Waals surface area contributed by atoms with Crippen LogP contribution >= 0.6 is 0 Å². The number of carbonyl (C=O) groups is 1. The van der Waals surface area contributed by atoms with Gasteiger partial charge in [-0.1, -0.05) is 6.07 Å². The van der Waals surface area contributed by atoms with Crippen LogP contribution in [0.3, 0.4) is 0 Å². The molecular formula is C15H23NO2. The third-order valence-electron chi connectivity index (χ3n) is 2.96. The first-order chi connectivity index (χ1) is 8.26. The van der Waals surface area contributed by atoms with E-state index in [0.29, 0.717) is 17.9 Å². The molecular weight excluding hydrogens is 226 g/mol. The number of rotatable bonds is 4. The van der Waals surface area contributed by atoms with Crippen molar-refractivity contribution < 1.29 is 9.53 Å². The molecule has 0 fully saturated rings. The molecule has 0 unspecified atom stereocenters. The van der Waals surface area contributed by atoms with Crippen LogP contribution in [0.2, 0.25) is 0 Å². The Morgan fingerprint density at radius 1 is 1.28 bits per heavy atom. The first-order valence-corrected chi connectivity index (χ1v) is 6.18. The number of ketones is 1. The van der Waals surface area contributed by atoms with Gasteiger partial charge in [0.15, 0.2) is 5.78 Å². The molecule has 0 bridgehead atoms. The SMILES string of the molecule is COc1c(C(=O)CNC(C)(C)C)ccc(C)c1C. The molecule has 3 nitrogen and oxygen atoms in total. The summed E-state index contributed by atoms with van der Waals surface area (Å²) in [6.07, 6.45) is 0. The lowest BCUT2D eigenvalue weighted by Crippen LogP contribution is -2.39. The number of carbonyl (C=O) groups excluding carboxylic acids is 1. The van der Waals surface area contributed by atoms with Gasteiger partial charge in [0.25, 0.3) is 0 Å². The Balaban J connectivity index is 2.96. The predicted octanol–water partition coefficient (Wildman–Crippen LogP) is 2.88. The average molecular weight is 249 g/mol. The topological polar surface area (TPSA) is 38.3 Å². The van der Waals surface area contributed by atoms with Gasteiger partial charge >= 0.3 is 0 Å². The van der Waals surface area contributed by atoms with Gasteiger partial charge in [-0.3, -0.25) is 4.79 Å². The molecule has 1 aromatic rings. The van der Waals surface area contributed by atoms with E-state index in [2.05, 4.69) is 5.32 Å². The zero-order chi connectivity index (χ0) is 13.9. The van der Waals surface area contributed by atoms with E-state index in [4.69, 9.17) is 4.74 Å². The summed E-state index contributed by atoms with van der Waals surface area (Å²) < 4.78 is 5.36. The zero-order valence-corrected chi connectivity index (χ0v) is 12.2. The molecule has 0 aromatic heterocycles. The highest BCUT2D eigenvalue weighted by atomic mass is 16.5. The molecule has 0 saturated heterocycles. The molecule has 0 aliphatic heterocycles. The molecule has 0 heterocycles. The van der Waals surface area contributed by atoms with Crippen molar-refractivity contribution in [3.05, 3.63) is 28.8 Å². The molecule has 0 aliphatic carbocycles. The fourth-order valence-corrected chi connectivity index (χ4v) is 1.71. The van der Waals surface area contributed by atoms with Crippen LogP contribution in [0.25, 0.3) is 0 Å². The first kappa shape index (κ1) is 14.7. The monoisotopic (exact) mass is 249 g/mol. The Kier molecular flexibility index (Phi) is 4.52. The minimum Gasteiger partial charge on any atom is -0.496 e. The summed E-state index contributed by atoms with van der Waals surface area (Å²) in [6.45, 7) is 10.4. The second-order valence-electron chi connectivity index (χ2n) is 5.61. The third kappa shape index (κ3) is 3.57. The second-order valence-corrected chi connectivity index (χ2v) is 5.61. The van der Waals surface area contributed by atoms with Crippen molar-refractivity contribution in [3.8, 4) is 5.75 Å². The number of nitrogens with one attached hydrogen (secondary N) is 1. The third-order valence-corrected chi connectivity index (χ3v) is 2.96. The summed E-state index contributed by atoms with van der Waals surface area (Å²) >= 11 is 0. The molecule has 0 amide bonds. The Bertz CT molecular complexity index is 445. The van der Waals surface area contributed by atoms with Crippen molar-refractivity contribution in [1.29, 1.82) is 0 Å². The Labute approximate surface area is 110 Å². The van der Waals surface area contributed by atoms with E-state index in [-0.39, 0.29) is 11.3 Å². The van der Waals surface area contributed by atoms with Crippen molar-refractivity contribution in [2.75, 3.05) is 13.7 Å². The maximum absolute atomic E-state index is 12.2. The van der Waals surface area contributed by atoms with Crippen molar-refractivity contribution in [2.45, 2.75) is 40.2 Å². The molecule has 100 valence electrons. The minimum atomic E-state index is -0.0668. The summed E-state index contributed by atoms with van der Waals surface area (Å²) in [5, 5.41) is 3.20. The van der Waals surface area contributed by atoms with Crippen LogP contribution < -0.4 is 10.1 Å². The maximum Gasteiger partial charge on any atom is 0.180 e. The Morgan fingerprint density at radius 3 is 2.39 bits per heavy atom. The van der Waals surface area contributed by atoms with E-state index in [9.17, 15) is 4.79 Å². The van der Waals surface area contributed by atoms with Gasteiger partial charge < -0.3 is 10.1 Å². The van der Waals surface area contributed by atoms with Crippen LogP contribution in [0.4, 0.5) is 0 Å². The van der Waals surface area contributed by atoms with Gasteiger partial charge in [0, 0.05) is 5.54 Å². The lowest BCUT2D eigenvalue weighted by molar-refractivity contribution is 0.0979. The predicted molar refractivity (Wildman–Crippen MR) is 74.6 cm³/mol. The van der Waals surface area contributed by atoms with E-state index in [1.54, 1.807) is 7.11 Å². The minimum absolute atomic E-state index is 0.0601. The van der Waals surface area contributed by atoms with Gasteiger partial charge in [-0.05, 0) is 51.8 Å². The van der Waals surface area contributed by atoms with Crippen LogP contribution in [-0.4, -0.2) is 25.0 Å². The van der Waals surface area contributed by atoms with Gasteiger partial charge in [-0.15, -0.1) is 0 Å². The smallest absolute Gasteiger partial charge is 0.180 e. The van der Waals surface area contributed by atoms with Crippen LogP contribution in [0.1, 0.15) is 42.3 Å². The summed E-state index contributed by atoms with van der Waals surface area (Å²) in [5.74, 6) is 0.751. The molecule has 1 rings (SSSR count). The fourth-order valence-electron chi connectivity index (χ4n) is 1.71. The molecule has 3 heteroatoms. The van der Waals surface area contributed by atoms with Crippen molar-refractivity contribution in [3.63, 3.8) is 0 Å². The molecule has 0 aliphatic rings. The normalized spacial score (nSPS) is 11.4. The summed E-state index contributed by atoms with van der Waals surface area (Å²) in [5.41, 5.74) is 2.74. The molecule has 0 saturated carbocycles. The lowest BCUT2D eigenvalue weighted by atomic mass is 10.0. The van der Waals surface area contributed by atoms with Crippen molar-refractivity contribution in [1.82, 2.24) is 5.32 Å². The zero-order valence-electron chi connectivity index (χ0n) is 12.2. The molecule has 18 heavy (non-hydrogen) atoms. The number of ether oxygens (including phenoxy) is 1. The summed E-state index contributed by atoms with van der Waals surface area (Å²) in [7, 11) is 1.61. The fraction of sp³-hybridized carbons (Fsp3) is 0.533. The highest BCUT2D eigenvalue weighted by Crippen LogP contribution is 2.26. The van der Waals surface area contributed by atoms with E-state index in [1.807, 2.05) is 46.8 Å². The molecule has 0 spiro atoms. The standard InChI is InChI=1S/C15H23NO2/c1-10-7-8-12(14(18-6)11(10)2)13(17)9-16-15(3,4)5/h7-8,16H,9H2,1-6H3. The molecule has 1 aromatic carbocycles. The van der Waals surface area contributed by atoms with Gasteiger partial charge in [0.2, 0.25) is 0 Å². The van der Waals surface area contributed by atoms with Crippen LogP contribution in [0.5, 0.6) is 5.75 Å². The number of methoxy groups -OCH3 is 1. The average Bonchev–Trinajstić information content (AvgIpc) is 2.28. The summed E-state index contributed by atoms with van der Waals surface area (Å²) in [6, 6.07) is 3.80. The Hall–Kier alpha value is -1.35. The number of hydrogen-bond donors (Lipinski definition) is 1. The highest BCUT2D eigenvalue weighted by Gasteiger charge is 2.17. The quantitative estimate of drug-likeness (QED) is 0.834. The Morgan fingerprint density at radius 2 is 1.89 bits per heavy atom. The van der Waals surface area contributed by atoms with Gasteiger partial charge in [0.1, 0.15) is 5.75 Å². The van der Waals surface area contributed by atoms with Crippen molar-refractivity contribution >= 4 is 5.78 Å². The van der Waals surface area contributed by atoms with E-state index < -0.39 is 0 Å². The van der Waals surface area contributed by atoms with Gasteiger partial charge in [-0.25, -0.2) is 0 Å². The van der Waals surface area contributed by atoms with Gasteiger partial charge in [-0.2, -0.15) is 0 Å². The van der Waals surface area contributed by atoms with E-state index in [0.717, 1.165) is 11.1 Å². The summed E-state index contributed by atoms with van der Waals surface area (Å²) in [4.78, 5) is 12.2. The number of aryl methyl sites for hydroxylation is 1. The second kappa shape index (κ2) is 5.53. The maximum atomic E-state index is 12.2. The molecule has 0 atom stereocenters. The largest absolute Gasteiger partial charge is 0.496 e. The first-order valence-electron chi connectivity index (χ1n) is 6.18. The highest BCUT2D eigenvalue weighted by molar-refractivity contribution is 6.00. The van der Waals surface area contributed by atoms with Gasteiger partial charge in [0.05, 0.1) is 19.2 Å². The van der Waals surface area contributed by atoms with E-state index in [1.165, 1.54) is 0 Å².